The predicted molar refractivity (Wildman–Crippen MR) is 84.7 cm³/mol. The van der Waals surface area contributed by atoms with Crippen molar-refractivity contribution in [2.75, 3.05) is 0 Å². The number of aryl methyl sites for hydroxylation is 4. The molecule has 0 amide bonds. The average molecular weight is 252 g/mol. The van der Waals surface area contributed by atoms with Gasteiger partial charge < -0.3 is 0 Å². The molecule has 0 aromatic heterocycles. The molecule has 0 unspecified atom stereocenters. The summed E-state index contributed by atoms with van der Waals surface area (Å²) in [7, 11) is 0. The van der Waals surface area contributed by atoms with Gasteiger partial charge in [0.2, 0.25) is 0 Å². The second-order valence-corrected chi connectivity index (χ2v) is 5.19. The van der Waals surface area contributed by atoms with Crippen molar-refractivity contribution in [2.45, 2.75) is 47.0 Å². The van der Waals surface area contributed by atoms with Crippen molar-refractivity contribution < 1.29 is 0 Å². The van der Waals surface area contributed by atoms with Crippen LogP contribution in [0.5, 0.6) is 0 Å². The highest BCUT2D eigenvalue weighted by Crippen LogP contribution is 2.25. The summed E-state index contributed by atoms with van der Waals surface area (Å²) in [5, 5.41) is 0. The van der Waals surface area contributed by atoms with E-state index in [1.54, 1.807) is 0 Å². The molecule has 0 aliphatic heterocycles. The Balaban J connectivity index is 2.44. The largest absolute Gasteiger partial charge is 0.0613 e. The second-order valence-electron chi connectivity index (χ2n) is 5.19. The molecule has 19 heavy (non-hydrogen) atoms. The Hall–Kier alpha value is -1.56. The van der Waals surface area contributed by atoms with Crippen molar-refractivity contribution in [3.05, 3.63) is 58.7 Å². The van der Waals surface area contributed by atoms with E-state index in [9.17, 15) is 0 Å². The molecule has 2 aromatic carbocycles. The zero-order valence-corrected chi connectivity index (χ0v) is 12.6. The third kappa shape index (κ3) is 2.89. The lowest BCUT2D eigenvalue weighted by Crippen LogP contribution is -1.93. The second kappa shape index (κ2) is 6.06. The number of hydrogen-bond acceptors (Lipinski definition) is 0. The number of hydrogen-bond donors (Lipinski definition) is 0. The summed E-state index contributed by atoms with van der Waals surface area (Å²) in [6, 6.07) is 13.8. The van der Waals surface area contributed by atoms with Gasteiger partial charge in [0.1, 0.15) is 0 Å². The van der Waals surface area contributed by atoms with E-state index >= 15 is 0 Å². The SMILES string of the molecule is CCc1ccc(-c2ccc(CC)c(CC)c2)cc1C. The minimum absolute atomic E-state index is 1.11. The molecule has 0 saturated carbocycles. The molecular formula is C19H24. The van der Waals surface area contributed by atoms with Crippen LogP contribution in [0.15, 0.2) is 36.4 Å². The molecule has 0 atom stereocenters. The maximum Gasteiger partial charge on any atom is -0.0181 e. The van der Waals surface area contributed by atoms with Crippen molar-refractivity contribution >= 4 is 0 Å². The van der Waals surface area contributed by atoms with Gasteiger partial charge in [-0.3, -0.25) is 0 Å². The lowest BCUT2D eigenvalue weighted by Gasteiger charge is -2.11. The van der Waals surface area contributed by atoms with Crippen LogP contribution in [0.2, 0.25) is 0 Å². The average Bonchev–Trinajstić information content (AvgIpc) is 2.46. The van der Waals surface area contributed by atoms with E-state index in [1.165, 1.54) is 33.4 Å². The molecule has 0 saturated heterocycles. The Kier molecular flexibility index (Phi) is 4.42. The van der Waals surface area contributed by atoms with E-state index in [0.717, 1.165) is 19.3 Å². The van der Waals surface area contributed by atoms with Gasteiger partial charge in [0.25, 0.3) is 0 Å². The van der Waals surface area contributed by atoms with Crippen molar-refractivity contribution in [1.29, 1.82) is 0 Å². The number of rotatable bonds is 4. The van der Waals surface area contributed by atoms with E-state index in [4.69, 9.17) is 0 Å². The van der Waals surface area contributed by atoms with E-state index < -0.39 is 0 Å². The third-order valence-electron chi connectivity index (χ3n) is 4.02. The Morgan fingerprint density at radius 1 is 0.632 bits per heavy atom. The van der Waals surface area contributed by atoms with E-state index in [-0.39, 0.29) is 0 Å². The molecule has 100 valence electrons. The first-order chi connectivity index (χ1) is 9.19. The van der Waals surface area contributed by atoms with Crippen molar-refractivity contribution in [1.82, 2.24) is 0 Å². The maximum absolute atomic E-state index is 2.36. The van der Waals surface area contributed by atoms with Crippen LogP contribution < -0.4 is 0 Å². The van der Waals surface area contributed by atoms with Crippen LogP contribution in [0.1, 0.15) is 43.0 Å². The first-order valence-corrected chi connectivity index (χ1v) is 7.41. The molecule has 0 spiro atoms. The molecule has 0 heterocycles. The van der Waals surface area contributed by atoms with Gasteiger partial charge in [-0.05, 0) is 59.6 Å². The fourth-order valence-corrected chi connectivity index (χ4v) is 2.75. The summed E-state index contributed by atoms with van der Waals surface area (Å²) in [5.41, 5.74) is 8.50. The zero-order valence-electron chi connectivity index (χ0n) is 12.6. The molecule has 0 aliphatic rings. The Labute approximate surface area is 117 Å². The van der Waals surface area contributed by atoms with Gasteiger partial charge in [-0.2, -0.15) is 0 Å². The molecule has 0 N–H and O–H groups in total. The normalized spacial score (nSPS) is 10.7. The molecule has 0 aliphatic carbocycles. The molecule has 2 rings (SSSR count). The maximum atomic E-state index is 2.36. The third-order valence-corrected chi connectivity index (χ3v) is 4.02. The first kappa shape index (κ1) is 13.9. The van der Waals surface area contributed by atoms with Gasteiger partial charge in [0, 0.05) is 0 Å². The quantitative estimate of drug-likeness (QED) is 0.688. The zero-order chi connectivity index (χ0) is 13.8. The van der Waals surface area contributed by atoms with Gasteiger partial charge in [0.05, 0.1) is 0 Å². The lowest BCUT2D eigenvalue weighted by molar-refractivity contribution is 1.04. The topological polar surface area (TPSA) is 0 Å². The smallest absolute Gasteiger partial charge is 0.0181 e. The molecule has 0 bridgehead atoms. The summed E-state index contributed by atoms with van der Waals surface area (Å²) >= 11 is 0. The predicted octanol–water partition coefficient (Wildman–Crippen LogP) is 5.35. The van der Waals surface area contributed by atoms with Gasteiger partial charge >= 0.3 is 0 Å². The fraction of sp³-hybridized carbons (Fsp3) is 0.368. The summed E-state index contributed by atoms with van der Waals surface area (Å²) in [6.45, 7) is 8.90. The van der Waals surface area contributed by atoms with Crippen LogP contribution in [0.4, 0.5) is 0 Å². The molecule has 0 heteroatoms. The molecule has 2 aromatic rings. The Morgan fingerprint density at radius 2 is 1.16 bits per heavy atom. The summed E-state index contributed by atoms with van der Waals surface area (Å²) < 4.78 is 0. The molecule has 0 fully saturated rings. The Morgan fingerprint density at radius 3 is 1.68 bits per heavy atom. The Bertz CT molecular complexity index is 564. The summed E-state index contributed by atoms with van der Waals surface area (Å²) in [5.74, 6) is 0. The minimum atomic E-state index is 1.11. The highest BCUT2D eigenvalue weighted by molar-refractivity contribution is 5.66. The van der Waals surface area contributed by atoms with Crippen LogP contribution in [0.25, 0.3) is 11.1 Å². The van der Waals surface area contributed by atoms with Gasteiger partial charge in [-0.1, -0.05) is 57.2 Å². The molecule has 0 radical (unpaired) electrons. The number of benzene rings is 2. The van der Waals surface area contributed by atoms with Gasteiger partial charge in [-0.15, -0.1) is 0 Å². The summed E-state index contributed by atoms with van der Waals surface area (Å²) in [4.78, 5) is 0. The minimum Gasteiger partial charge on any atom is -0.0613 e. The first-order valence-electron chi connectivity index (χ1n) is 7.41. The standard InChI is InChI=1S/C19H24/c1-5-15-8-10-18(12-14(15)4)19-11-9-16(6-2)17(7-3)13-19/h8-13H,5-7H2,1-4H3. The van der Waals surface area contributed by atoms with Gasteiger partial charge in [-0.25, -0.2) is 0 Å². The molecule has 0 nitrogen and oxygen atoms in total. The van der Waals surface area contributed by atoms with Crippen LogP contribution >= 0.6 is 0 Å². The summed E-state index contributed by atoms with van der Waals surface area (Å²) in [6.07, 6.45) is 3.35. The van der Waals surface area contributed by atoms with E-state index in [0.29, 0.717) is 0 Å². The highest BCUT2D eigenvalue weighted by Gasteiger charge is 2.04. The van der Waals surface area contributed by atoms with E-state index in [2.05, 4.69) is 64.1 Å². The van der Waals surface area contributed by atoms with Crippen LogP contribution in [0, 0.1) is 6.92 Å². The van der Waals surface area contributed by atoms with Crippen molar-refractivity contribution in [3.63, 3.8) is 0 Å². The lowest BCUT2D eigenvalue weighted by atomic mass is 9.94. The van der Waals surface area contributed by atoms with Crippen LogP contribution in [0.3, 0.4) is 0 Å². The van der Waals surface area contributed by atoms with Crippen LogP contribution in [-0.4, -0.2) is 0 Å². The monoisotopic (exact) mass is 252 g/mol. The van der Waals surface area contributed by atoms with Gasteiger partial charge in [0.15, 0.2) is 0 Å². The van der Waals surface area contributed by atoms with Crippen molar-refractivity contribution in [3.8, 4) is 11.1 Å². The molecular weight excluding hydrogens is 228 g/mol. The van der Waals surface area contributed by atoms with Crippen LogP contribution in [-0.2, 0) is 19.3 Å². The van der Waals surface area contributed by atoms with E-state index in [1.807, 2.05) is 0 Å². The fourth-order valence-electron chi connectivity index (χ4n) is 2.75. The highest BCUT2D eigenvalue weighted by atomic mass is 14.1. The van der Waals surface area contributed by atoms with Crippen molar-refractivity contribution in [2.24, 2.45) is 0 Å².